The minimum absolute atomic E-state index is 0.249. The van der Waals surface area contributed by atoms with Gasteiger partial charge in [-0.25, -0.2) is 0 Å². The molecule has 33 heavy (non-hydrogen) atoms. The third-order valence-corrected chi connectivity index (χ3v) is 6.86. The molecule has 2 atom stereocenters. The minimum Gasteiger partial charge on any atom is -0.491 e. The number of hydrogen-bond acceptors (Lipinski definition) is 3. The molecule has 0 saturated heterocycles. The van der Waals surface area contributed by atoms with Gasteiger partial charge in [0.25, 0.3) is 0 Å². The molecule has 0 radical (unpaired) electrons. The van der Waals surface area contributed by atoms with Crippen LogP contribution in [0.15, 0.2) is 48.5 Å². The highest BCUT2D eigenvalue weighted by molar-refractivity contribution is 5.30. The summed E-state index contributed by atoms with van der Waals surface area (Å²) >= 11 is 0. The zero-order valence-electron chi connectivity index (χ0n) is 21.1. The lowest BCUT2D eigenvalue weighted by Crippen LogP contribution is -2.25. The van der Waals surface area contributed by atoms with Crippen molar-refractivity contribution in [1.82, 2.24) is 0 Å². The van der Waals surface area contributed by atoms with E-state index < -0.39 is 0 Å². The van der Waals surface area contributed by atoms with Crippen LogP contribution in [-0.4, -0.2) is 19.5 Å². The van der Waals surface area contributed by atoms with Crippen molar-refractivity contribution < 1.29 is 14.2 Å². The van der Waals surface area contributed by atoms with Gasteiger partial charge in [0.1, 0.15) is 18.1 Å². The summed E-state index contributed by atoms with van der Waals surface area (Å²) in [6.45, 7) is 7.75. The summed E-state index contributed by atoms with van der Waals surface area (Å²) in [4.78, 5) is 0. The zero-order chi connectivity index (χ0) is 23.3. The Bertz CT molecular complexity index is 762. The van der Waals surface area contributed by atoms with Gasteiger partial charge in [-0.05, 0) is 66.5 Å². The van der Waals surface area contributed by atoms with E-state index >= 15 is 0 Å². The van der Waals surface area contributed by atoms with E-state index in [0.29, 0.717) is 19.1 Å². The first-order valence-electron chi connectivity index (χ1n) is 13.3. The quantitative estimate of drug-likeness (QED) is 0.213. The largest absolute Gasteiger partial charge is 0.491 e. The van der Waals surface area contributed by atoms with E-state index in [2.05, 4.69) is 69.3 Å². The minimum atomic E-state index is -0.249. The molecule has 0 aromatic heterocycles. The van der Waals surface area contributed by atoms with E-state index in [1.54, 1.807) is 0 Å². The van der Waals surface area contributed by atoms with Crippen molar-refractivity contribution in [2.24, 2.45) is 5.92 Å². The predicted molar refractivity (Wildman–Crippen MR) is 137 cm³/mol. The first kappa shape index (κ1) is 25.6. The molecule has 1 fully saturated rings. The first-order valence-corrected chi connectivity index (χ1v) is 13.3. The molecule has 0 aliphatic heterocycles. The van der Waals surface area contributed by atoms with Crippen LogP contribution < -0.4 is 9.47 Å². The Morgan fingerprint density at radius 2 is 1.55 bits per heavy atom. The van der Waals surface area contributed by atoms with Crippen LogP contribution in [-0.2, 0) is 11.2 Å². The Labute approximate surface area is 201 Å². The molecule has 2 aromatic rings. The second-order valence-electron chi connectivity index (χ2n) is 9.65. The number of ether oxygens (including phenoxy) is 3. The molecule has 1 aliphatic rings. The molecular formula is C30H44O3. The van der Waals surface area contributed by atoms with Crippen molar-refractivity contribution in [3.8, 4) is 11.5 Å². The highest BCUT2D eigenvalue weighted by Crippen LogP contribution is 2.33. The molecule has 2 aromatic carbocycles. The maximum absolute atomic E-state index is 6.22. The van der Waals surface area contributed by atoms with E-state index in [1.165, 1.54) is 62.5 Å². The van der Waals surface area contributed by atoms with Crippen molar-refractivity contribution in [2.75, 3.05) is 13.2 Å². The highest BCUT2D eigenvalue weighted by Gasteiger charge is 2.17. The Balaban J connectivity index is 1.46. The third kappa shape index (κ3) is 9.04. The Morgan fingerprint density at radius 3 is 2.21 bits per heavy atom. The van der Waals surface area contributed by atoms with Crippen molar-refractivity contribution in [2.45, 2.75) is 97.2 Å². The predicted octanol–water partition coefficient (Wildman–Crippen LogP) is 8.31. The maximum atomic E-state index is 6.22. The van der Waals surface area contributed by atoms with E-state index in [0.717, 1.165) is 30.3 Å². The molecule has 0 N–H and O–H groups in total. The molecule has 182 valence electrons. The monoisotopic (exact) mass is 452 g/mol. The molecule has 0 heterocycles. The summed E-state index contributed by atoms with van der Waals surface area (Å²) < 4.78 is 18.3. The molecule has 3 nitrogen and oxygen atoms in total. The van der Waals surface area contributed by atoms with Gasteiger partial charge in [0.05, 0.1) is 6.61 Å². The molecular weight excluding hydrogens is 408 g/mol. The van der Waals surface area contributed by atoms with Crippen LogP contribution in [0.5, 0.6) is 11.5 Å². The van der Waals surface area contributed by atoms with Crippen molar-refractivity contribution >= 4 is 0 Å². The number of hydrogen-bond donors (Lipinski definition) is 0. The maximum Gasteiger partial charge on any atom is 0.200 e. The fourth-order valence-corrected chi connectivity index (χ4v) is 4.72. The van der Waals surface area contributed by atoms with Crippen LogP contribution in [0.25, 0.3) is 0 Å². The van der Waals surface area contributed by atoms with Crippen LogP contribution in [0.1, 0.15) is 95.6 Å². The van der Waals surface area contributed by atoms with Gasteiger partial charge in [-0.1, -0.05) is 83.6 Å². The standard InChI is InChI=1S/C30H44O3/c1-4-6-10-24(3)23-30(33-29-17-13-25(5-2)14-18-29)32-22-21-31-28-19-15-27(16-20-28)26-11-8-7-9-12-26/h13-20,24,26,30H,4-12,21-23H2,1-3H3. The molecule has 1 saturated carbocycles. The first-order chi connectivity index (χ1) is 16.2. The van der Waals surface area contributed by atoms with Crippen LogP contribution in [0.2, 0.25) is 0 Å². The second kappa shape index (κ2) is 14.3. The Morgan fingerprint density at radius 1 is 0.848 bits per heavy atom. The van der Waals surface area contributed by atoms with E-state index in [4.69, 9.17) is 14.2 Å². The summed E-state index contributed by atoms with van der Waals surface area (Å²) in [7, 11) is 0. The van der Waals surface area contributed by atoms with E-state index in [9.17, 15) is 0 Å². The molecule has 3 heteroatoms. The summed E-state index contributed by atoms with van der Waals surface area (Å²) in [6.07, 6.45) is 12.1. The topological polar surface area (TPSA) is 27.7 Å². The number of rotatable bonds is 14. The Kier molecular flexibility index (Phi) is 11.1. The smallest absolute Gasteiger partial charge is 0.200 e. The van der Waals surface area contributed by atoms with Crippen LogP contribution in [0, 0.1) is 5.92 Å². The van der Waals surface area contributed by atoms with Crippen LogP contribution in [0.4, 0.5) is 0 Å². The summed E-state index contributed by atoms with van der Waals surface area (Å²) in [5.74, 6) is 3.09. The second-order valence-corrected chi connectivity index (χ2v) is 9.65. The lowest BCUT2D eigenvalue weighted by molar-refractivity contribution is -0.0981. The number of benzene rings is 2. The van der Waals surface area contributed by atoms with Gasteiger partial charge >= 0.3 is 0 Å². The molecule has 1 aliphatic carbocycles. The summed E-state index contributed by atoms with van der Waals surface area (Å²) in [6, 6.07) is 17.1. The van der Waals surface area contributed by atoms with Gasteiger partial charge in [-0.15, -0.1) is 0 Å². The third-order valence-electron chi connectivity index (χ3n) is 6.86. The normalized spacial score (nSPS) is 16.3. The van der Waals surface area contributed by atoms with Gasteiger partial charge < -0.3 is 14.2 Å². The zero-order valence-corrected chi connectivity index (χ0v) is 21.1. The van der Waals surface area contributed by atoms with Gasteiger partial charge in [0.15, 0.2) is 6.29 Å². The average Bonchev–Trinajstić information content (AvgIpc) is 2.86. The molecule has 0 bridgehead atoms. The fourth-order valence-electron chi connectivity index (χ4n) is 4.72. The van der Waals surface area contributed by atoms with E-state index in [-0.39, 0.29) is 6.29 Å². The number of aryl methyl sites for hydroxylation is 1. The van der Waals surface area contributed by atoms with Crippen LogP contribution in [0.3, 0.4) is 0 Å². The van der Waals surface area contributed by atoms with Crippen molar-refractivity contribution in [1.29, 1.82) is 0 Å². The van der Waals surface area contributed by atoms with Gasteiger partial charge in [0, 0.05) is 6.42 Å². The van der Waals surface area contributed by atoms with Crippen molar-refractivity contribution in [3.63, 3.8) is 0 Å². The van der Waals surface area contributed by atoms with Gasteiger partial charge in [0.2, 0.25) is 0 Å². The molecule has 0 spiro atoms. The molecule has 0 amide bonds. The van der Waals surface area contributed by atoms with Gasteiger partial charge in [-0.3, -0.25) is 0 Å². The lowest BCUT2D eigenvalue weighted by Gasteiger charge is -2.23. The SMILES string of the molecule is CCCCC(C)CC(OCCOc1ccc(C2CCCCC2)cc1)Oc1ccc(CC)cc1. The highest BCUT2D eigenvalue weighted by atomic mass is 16.7. The molecule has 3 rings (SSSR count). The van der Waals surface area contributed by atoms with E-state index in [1.807, 2.05) is 0 Å². The summed E-state index contributed by atoms with van der Waals surface area (Å²) in [5, 5.41) is 0. The lowest BCUT2D eigenvalue weighted by atomic mass is 9.84. The van der Waals surface area contributed by atoms with Crippen LogP contribution >= 0.6 is 0 Å². The summed E-state index contributed by atoms with van der Waals surface area (Å²) in [5.41, 5.74) is 2.78. The van der Waals surface area contributed by atoms with Gasteiger partial charge in [-0.2, -0.15) is 0 Å². The fraction of sp³-hybridized carbons (Fsp3) is 0.600. The van der Waals surface area contributed by atoms with Crippen molar-refractivity contribution in [3.05, 3.63) is 59.7 Å². The average molecular weight is 453 g/mol. The molecule has 2 unspecified atom stereocenters. The number of unbranched alkanes of at least 4 members (excludes halogenated alkanes) is 1. The Hall–Kier alpha value is -2.00.